The number of ether oxygens (including phenoxy) is 1. The smallest absolute Gasteiger partial charge is 0.311 e. The molecular formula is C5H7F5O. The van der Waals surface area contributed by atoms with Gasteiger partial charge in [-0.25, -0.2) is 0 Å². The van der Waals surface area contributed by atoms with Crippen molar-refractivity contribution < 1.29 is 26.7 Å². The zero-order valence-electron chi connectivity index (χ0n) is 5.71. The van der Waals surface area contributed by atoms with Gasteiger partial charge in [-0.05, 0) is 0 Å². The maximum Gasteiger partial charge on any atom is 0.412 e. The molecule has 0 bridgehead atoms. The van der Waals surface area contributed by atoms with Crippen LogP contribution in [-0.4, -0.2) is 18.9 Å². The number of hydrogen-bond donors (Lipinski definition) is 0. The molecule has 0 aromatic carbocycles. The Morgan fingerprint density at radius 3 is 1.82 bits per heavy atom. The van der Waals surface area contributed by atoms with Crippen molar-refractivity contribution in [3.05, 3.63) is 0 Å². The summed E-state index contributed by atoms with van der Waals surface area (Å²) in [7, 11) is 0. The van der Waals surface area contributed by atoms with Gasteiger partial charge < -0.3 is 4.74 Å². The predicted molar refractivity (Wildman–Crippen MR) is 27.2 cm³/mol. The molecule has 0 aliphatic carbocycles. The van der Waals surface area contributed by atoms with Gasteiger partial charge in [-0.1, -0.05) is 6.92 Å². The molecule has 0 aromatic heterocycles. The second kappa shape index (κ2) is 3.34. The average molecular weight is 178 g/mol. The standard InChI is InChI=1S/C5H7F5O/c1-2-5(9,10)11-3-4(6,7)8/h2-3H2,1H3. The Balaban J connectivity index is 3.70. The van der Waals surface area contributed by atoms with Crippen molar-refractivity contribution >= 4 is 0 Å². The molecule has 68 valence electrons. The molecule has 0 rings (SSSR count). The van der Waals surface area contributed by atoms with Gasteiger partial charge >= 0.3 is 12.3 Å². The monoisotopic (exact) mass is 178 g/mol. The first-order chi connectivity index (χ1) is 4.77. The minimum Gasteiger partial charge on any atom is -0.311 e. The maximum absolute atomic E-state index is 12.0. The Kier molecular flexibility index (Phi) is 3.22. The van der Waals surface area contributed by atoms with Crippen molar-refractivity contribution in [3.63, 3.8) is 0 Å². The van der Waals surface area contributed by atoms with Gasteiger partial charge in [0, 0.05) is 6.42 Å². The number of alkyl halides is 5. The zero-order chi connectivity index (χ0) is 9.12. The fourth-order valence-corrected chi connectivity index (χ4v) is 0.289. The summed E-state index contributed by atoms with van der Waals surface area (Å²) in [5.41, 5.74) is 0. The van der Waals surface area contributed by atoms with E-state index in [4.69, 9.17) is 0 Å². The minimum atomic E-state index is -4.70. The lowest BCUT2D eigenvalue weighted by Gasteiger charge is -2.15. The van der Waals surface area contributed by atoms with E-state index in [0.717, 1.165) is 6.92 Å². The molecule has 0 heterocycles. The average Bonchev–Trinajstić information content (AvgIpc) is 1.83. The first kappa shape index (κ1) is 10.6. The molecule has 0 fully saturated rings. The molecule has 11 heavy (non-hydrogen) atoms. The third-order valence-corrected chi connectivity index (χ3v) is 0.859. The van der Waals surface area contributed by atoms with Crippen molar-refractivity contribution in [2.24, 2.45) is 0 Å². The Bertz CT molecular complexity index is 119. The summed E-state index contributed by atoms with van der Waals surface area (Å²) in [6, 6.07) is 0. The first-order valence-corrected chi connectivity index (χ1v) is 2.85. The van der Waals surface area contributed by atoms with E-state index in [1.165, 1.54) is 0 Å². The minimum absolute atomic E-state index is 0.761. The van der Waals surface area contributed by atoms with Crippen LogP contribution in [-0.2, 0) is 4.74 Å². The van der Waals surface area contributed by atoms with Crippen molar-refractivity contribution in [1.29, 1.82) is 0 Å². The van der Waals surface area contributed by atoms with Crippen LogP contribution in [0.5, 0.6) is 0 Å². The number of halogens is 5. The number of hydrogen-bond acceptors (Lipinski definition) is 1. The highest BCUT2D eigenvalue weighted by atomic mass is 19.4. The van der Waals surface area contributed by atoms with E-state index in [0.29, 0.717) is 0 Å². The van der Waals surface area contributed by atoms with Gasteiger partial charge in [-0.15, -0.1) is 0 Å². The normalized spacial score (nSPS) is 13.6. The largest absolute Gasteiger partial charge is 0.412 e. The second-order valence-corrected chi connectivity index (χ2v) is 1.89. The van der Waals surface area contributed by atoms with Crippen molar-refractivity contribution in [1.82, 2.24) is 0 Å². The topological polar surface area (TPSA) is 9.23 Å². The third-order valence-electron chi connectivity index (χ3n) is 0.859. The summed E-state index contributed by atoms with van der Waals surface area (Å²) in [4.78, 5) is 0. The summed E-state index contributed by atoms with van der Waals surface area (Å²) in [5.74, 6) is 0. The van der Waals surface area contributed by atoms with Crippen LogP contribution in [0.3, 0.4) is 0 Å². The van der Waals surface area contributed by atoms with E-state index < -0.39 is 25.3 Å². The SMILES string of the molecule is CCC(F)(F)OCC(F)(F)F. The van der Waals surface area contributed by atoms with Gasteiger partial charge in [0.15, 0.2) is 0 Å². The second-order valence-electron chi connectivity index (χ2n) is 1.89. The van der Waals surface area contributed by atoms with Gasteiger partial charge in [0.25, 0.3) is 0 Å². The quantitative estimate of drug-likeness (QED) is 0.603. The molecule has 1 nitrogen and oxygen atoms in total. The predicted octanol–water partition coefficient (Wildman–Crippen LogP) is 2.57. The number of rotatable bonds is 3. The summed E-state index contributed by atoms with van der Waals surface area (Å²) in [6.07, 6.45) is -9.13. The molecule has 0 radical (unpaired) electrons. The van der Waals surface area contributed by atoms with Gasteiger partial charge in [-0.2, -0.15) is 22.0 Å². The fourth-order valence-electron chi connectivity index (χ4n) is 0.289. The van der Waals surface area contributed by atoms with Crippen molar-refractivity contribution in [2.45, 2.75) is 25.6 Å². The van der Waals surface area contributed by atoms with Crippen LogP contribution in [0.15, 0.2) is 0 Å². The Hall–Kier alpha value is -0.390. The molecule has 0 atom stereocenters. The Morgan fingerprint density at radius 2 is 1.55 bits per heavy atom. The molecule has 0 saturated heterocycles. The summed E-state index contributed by atoms with van der Waals surface area (Å²) in [5, 5.41) is 0. The highest BCUT2D eigenvalue weighted by Crippen LogP contribution is 2.24. The van der Waals surface area contributed by atoms with E-state index in [2.05, 4.69) is 4.74 Å². The van der Waals surface area contributed by atoms with Crippen molar-refractivity contribution in [2.75, 3.05) is 6.61 Å². The Morgan fingerprint density at radius 1 is 1.09 bits per heavy atom. The van der Waals surface area contributed by atoms with Crippen LogP contribution in [0.2, 0.25) is 0 Å². The van der Waals surface area contributed by atoms with E-state index >= 15 is 0 Å². The van der Waals surface area contributed by atoms with Crippen LogP contribution in [0.25, 0.3) is 0 Å². The highest BCUT2D eigenvalue weighted by Gasteiger charge is 2.35. The molecule has 0 spiro atoms. The highest BCUT2D eigenvalue weighted by molar-refractivity contribution is 4.52. The maximum atomic E-state index is 12.0. The van der Waals surface area contributed by atoms with Gasteiger partial charge in [0.2, 0.25) is 0 Å². The third kappa shape index (κ3) is 6.03. The molecule has 0 aliphatic heterocycles. The summed E-state index contributed by atoms with van der Waals surface area (Å²) >= 11 is 0. The van der Waals surface area contributed by atoms with Crippen LogP contribution in [0, 0.1) is 0 Å². The van der Waals surface area contributed by atoms with Crippen molar-refractivity contribution in [3.8, 4) is 0 Å². The van der Waals surface area contributed by atoms with Crippen LogP contribution >= 0.6 is 0 Å². The molecule has 0 aromatic rings. The summed E-state index contributed by atoms with van der Waals surface area (Å²) < 4.78 is 61.0. The summed E-state index contributed by atoms with van der Waals surface area (Å²) in [6.45, 7) is -0.871. The van der Waals surface area contributed by atoms with Gasteiger partial charge in [-0.3, -0.25) is 0 Å². The van der Waals surface area contributed by atoms with Crippen LogP contribution in [0.1, 0.15) is 13.3 Å². The molecule has 6 heteroatoms. The lowest BCUT2D eigenvalue weighted by atomic mass is 10.5. The van der Waals surface area contributed by atoms with Crippen LogP contribution < -0.4 is 0 Å². The molecule has 0 unspecified atom stereocenters. The van der Waals surface area contributed by atoms with E-state index in [1.807, 2.05) is 0 Å². The van der Waals surface area contributed by atoms with Gasteiger partial charge in [0.05, 0.1) is 0 Å². The molecular weight excluding hydrogens is 171 g/mol. The first-order valence-electron chi connectivity index (χ1n) is 2.85. The fraction of sp³-hybridized carbons (Fsp3) is 1.00. The molecule has 0 N–H and O–H groups in total. The van der Waals surface area contributed by atoms with Crippen LogP contribution in [0.4, 0.5) is 22.0 Å². The molecule has 0 amide bonds. The van der Waals surface area contributed by atoms with Gasteiger partial charge in [0.1, 0.15) is 6.61 Å². The van der Waals surface area contributed by atoms with E-state index in [-0.39, 0.29) is 0 Å². The molecule has 0 aliphatic rings. The zero-order valence-corrected chi connectivity index (χ0v) is 5.71. The Labute approximate surface area is 60.1 Å². The van der Waals surface area contributed by atoms with E-state index in [9.17, 15) is 22.0 Å². The lowest BCUT2D eigenvalue weighted by Crippen LogP contribution is -2.27. The lowest BCUT2D eigenvalue weighted by molar-refractivity contribution is -0.289. The molecule has 0 saturated carbocycles. The van der Waals surface area contributed by atoms with E-state index in [1.54, 1.807) is 0 Å².